The van der Waals surface area contributed by atoms with E-state index < -0.39 is 6.04 Å². The van der Waals surface area contributed by atoms with Gasteiger partial charge in [-0.15, -0.1) is 11.6 Å². The molecule has 1 amide bonds. The minimum absolute atomic E-state index is 0.123. The normalized spacial score (nSPS) is 13.2. The van der Waals surface area contributed by atoms with E-state index in [0.29, 0.717) is 5.71 Å². The minimum atomic E-state index is -0.447. The van der Waals surface area contributed by atoms with E-state index >= 15 is 0 Å². The molecule has 1 aromatic rings. The second kappa shape index (κ2) is 6.12. The number of benzene rings is 1. The zero-order valence-corrected chi connectivity index (χ0v) is 9.61. The molecule has 2 N–H and O–H groups in total. The average Bonchev–Trinajstić information content (AvgIpc) is 2.35. The van der Waals surface area contributed by atoms with Crippen molar-refractivity contribution >= 4 is 23.2 Å². The highest BCUT2D eigenvalue weighted by Gasteiger charge is 2.17. The maximum atomic E-state index is 11.2. The summed E-state index contributed by atoms with van der Waals surface area (Å²) < 4.78 is 0. The van der Waals surface area contributed by atoms with Crippen LogP contribution in [0.4, 0.5) is 0 Å². The maximum Gasteiger partial charge on any atom is 0.235 e. The van der Waals surface area contributed by atoms with Gasteiger partial charge in [0.05, 0.1) is 11.8 Å². The lowest BCUT2D eigenvalue weighted by Gasteiger charge is -2.17. The zero-order valence-electron chi connectivity index (χ0n) is 8.85. The summed E-state index contributed by atoms with van der Waals surface area (Å²) in [5.74, 6) is -0.430. The summed E-state index contributed by atoms with van der Waals surface area (Å²) in [6.07, 6.45) is 0. The number of hydrogen-bond donors (Lipinski definition) is 2. The van der Waals surface area contributed by atoms with Crippen molar-refractivity contribution in [3.05, 3.63) is 35.9 Å². The van der Waals surface area contributed by atoms with Crippen molar-refractivity contribution in [3.8, 4) is 0 Å². The molecule has 0 heterocycles. The number of nitrogens with zero attached hydrogens (tertiary/aromatic N) is 1. The fraction of sp³-hybridized carbons (Fsp3) is 0.273. The highest BCUT2D eigenvalue weighted by atomic mass is 35.5. The molecular weight excluding hydrogens is 228 g/mol. The van der Waals surface area contributed by atoms with E-state index in [2.05, 4.69) is 10.5 Å². The molecule has 0 saturated carbocycles. The predicted octanol–water partition coefficient (Wildman–Crippen LogP) is 1.93. The van der Waals surface area contributed by atoms with E-state index in [0.717, 1.165) is 5.56 Å². The Hall–Kier alpha value is -1.55. The Morgan fingerprint density at radius 1 is 1.50 bits per heavy atom. The van der Waals surface area contributed by atoms with Crippen LogP contribution in [0.1, 0.15) is 18.5 Å². The molecule has 1 aromatic carbocycles. The predicted molar refractivity (Wildman–Crippen MR) is 62.9 cm³/mol. The molecule has 1 rings (SSSR count). The summed E-state index contributed by atoms with van der Waals surface area (Å²) in [7, 11) is 0. The summed E-state index contributed by atoms with van der Waals surface area (Å²) in [5, 5.41) is 14.5. The van der Waals surface area contributed by atoms with Crippen LogP contribution in [-0.4, -0.2) is 22.7 Å². The zero-order chi connectivity index (χ0) is 12.0. The van der Waals surface area contributed by atoms with Crippen LogP contribution >= 0.6 is 11.6 Å². The van der Waals surface area contributed by atoms with Gasteiger partial charge < -0.3 is 10.5 Å². The molecule has 16 heavy (non-hydrogen) atoms. The first kappa shape index (κ1) is 12.5. The molecule has 0 spiro atoms. The van der Waals surface area contributed by atoms with Gasteiger partial charge in [-0.3, -0.25) is 4.79 Å². The van der Waals surface area contributed by atoms with Gasteiger partial charge in [0.25, 0.3) is 0 Å². The van der Waals surface area contributed by atoms with Gasteiger partial charge >= 0.3 is 0 Å². The van der Waals surface area contributed by atoms with Crippen LogP contribution in [0.15, 0.2) is 35.5 Å². The van der Waals surface area contributed by atoms with Crippen LogP contribution in [0.2, 0.25) is 0 Å². The number of oxime groups is 1. The lowest BCUT2D eigenvalue weighted by Crippen LogP contribution is -2.33. The Morgan fingerprint density at radius 2 is 2.12 bits per heavy atom. The number of halogens is 1. The van der Waals surface area contributed by atoms with Crippen molar-refractivity contribution in [1.29, 1.82) is 0 Å². The van der Waals surface area contributed by atoms with Gasteiger partial charge in [-0.2, -0.15) is 0 Å². The van der Waals surface area contributed by atoms with Gasteiger partial charge in [-0.05, 0) is 12.5 Å². The van der Waals surface area contributed by atoms with Crippen molar-refractivity contribution in [2.45, 2.75) is 13.0 Å². The van der Waals surface area contributed by atoms with Gasteiger partial charge in [-0.25, -0.2) is 0 Å². The molecule has 0 aliphatic heterocycles. The van der Waals surface area contributed by atoms with E-state index in [9.17, 15) is 4.79 Å². The molecule has 86 valence electrons. The summed E-state index contributed by atoms with van der Waals surface area (Å²) in [6, 6.07) is 8.80. The first-order valence-electron chi connectivity index (χ1n) is 4.78. The SMILES string of the molecule is C/C(=N\O)C(NC(=O)CCl)c1ccccc1. The van der Waals surface area contributed by atoms with E-state index in [1.165, 1.54) is 0 Å². The van der Waals surface area contributed by atoms with Crippen LogP contribution < -0.4 is 5.32 Å². The third-order valence-corrected chi connectivity index (χ3v) is 2.38. The number of hydrogen-bond acceptors (Lipinski definition) is 3. The third-order valence-electron chi connectivity index (χ3n) is 2.14. The molecule has 0 bridgehead atoms. The van der Waals surface area contributed by atoms with Crippen LogP contribution in [0.3, 0.4) is 0 Å². The van der Waals surface area contributed by atoms with Crippen molar-refractivity contribution in [1.82, 2.24) is 5.32 Å². The van der Waals surface area contributed by atoms with Gasteiger partial charge in [0, 0.05) is 0 Å². The molecule has 1 atom stereocenters. The molecular formula is C11H13ClN2O2. The third kappa shape index (κ3) is 3.24. The standard InChI is InChI=1S/C11H13ClN2O2/c1-8(14-16)11(13-10(15)7-12)9-5-3-2-4-6-9/h2-6,11,16H,7H2,1H3,(H,13,15)/b14-8+. The summed E-state index contributed by atoms with van der Waals surface area (Å²) in [6.45, 7) is 1.63. The quantitative estimate of drug-likeness (QED) is 0.366. The van der Waals surface area contributed by atoms with Crippen molar-refractivity contribution in [3.63, 3.8) is 0 Å². The van der Waals surface area contributed by atoms with Crippen LogP contribution in [0.5, 0.6) is 0 Å². The Balaban J connectivity index is 2.93. The van der Waals surface area contributed by atoms with E-state index in [1.54, 1.807) is 6.92 Å². The van der Waals surface area contributed by atoms with Crippen molar-refractivity contribution in [2.24, 2.45) is 5.16 Å². The molecule has 0 saturated heterocycles. The monoisotopic (exact) mass is 240 g/mol. The summed E-state index contributed by atoms with van der Waals surface area (Å²) in [4.78, 5) is 11.2. The minimum Gasteiger partial charge on any atom is -0.411 e. The number of alkyl halides is 1. The highest BCUT2D eigenvalue weighted by molar-refractivity contribution is 6.27. The summed E-state index contributed by atoms with van der Waals surface area (Å²) >= 11 is 5.42. The van der Waals surface area contributed by atoms with E-state index in [1.807, 2.05) is 30.3 Å². The fourth-order valence-electron chi connectivity index (χ4n) is 1.33. The van der Waals surface area contributed by atoms with Crippen molar-refractivity contribution in [2.75, 3.05) is 5.88 Å². The Kier molecular flexibility index (Phi) is 4.79. The van der Waals surface area contributed by atoms with Gasteiger partial charge in [0.1, 0.15) is 5.88 Å². The molecule has 5 heteroatoms. The van der Waals surface area contributed by atoms with Gasteiger partial charge in [0.2, 0.25) is 5.91 Å². The van der Waals surface area contributed by atoms with Crippen LogP contribution in [0, 0.1) is 0 Å². The number of nitrogens with one attached hydrogen (secondary N) is 1. The van der Waals surface area contributed by atoms with Crippen molar-refractivity contribution < 1.29 is 10.0 Å². The Bertz CT molecular complexity index is 379. The average molecular weight is 241 g/mol. The topological polar surface area (TPSA) is 61.7 Å². The van der Waals surface area contributed by atoms with Crippen LogP contribution in [0.25, 0.3) is 0 Å². The Labute approximate surface area is 98.9 Å². The second-order valence-electron chi connectivity index (χ2n) is 3.29. The number of amides is 1. The second-order valence-corrected chi connectivity index (χ2v) is 3.55. The number of carbonyl (C=O) groups is 1. The molecule has 0 fully saturated rings. The smallest absolute Gasteiger partial charge is 0.235 e. The molecule has 0 aliphatic carbocycles. The van der Waals surface area contributed by atoms with Gasteiger partial charge in [0.15, 0.2) is 0 Å². The highest BCUT2D eigenvalue weighted by Crippen LogP contribution is 2.14. The maximum absolute atomic E-state index is 11.2. The number of carbonyl (C=O) groups excluding carboxylic acids is 1. The Morgan fingerprint density at radius 3 is 2.62 bits per heavy atom. The molecule has 1 unspecified atom stereocenters. The lowest BCUT2D eigenvalue weighted by molar-refractivity contribution is -0.119. The van der Waals surface area contributed by atoms with Crippen LogP contribution in [-0.2, 0) is 4.79 Å². The number of rotatable bonds is 4. The first-order valence-corrected chi connectivity index (χ1v) is 5.31. The largest absolute Gasteiger partial charge is 0.411 e. The van der Waals surface area contributed by atoms with E-state index in [4.69, 9.17) is 16.8 Å². The first-order chi connectivity index (χ1) is 7.69. The molecule has 0 aromatic heterocycles. The van der Waals surface area contributed by atoms with E-state index in [-0.39, 0.29) is 11.8 Å². The molecule has 0 aliphatic rings. The lowest BCUT2D eigenvalue weighted by atomic mass is 10.0. The summed E-state index contributed by atoms with van der Waals surface area (Å²) in [5.41, 5.74) is 1.25. The molecule has 0 radical (unpaired) electrons. The van der Waals surface area contributed by atoms with Gasteiger partial charge in [-0.1, -0.05) is 35.5 Å². The fourth-order valence-corrected chi connectivity index (χ4v) is 1.41. The molecule has 4 nitrogen and oxygen atoms in total.